The number of benzene rings is 6. The Balaban J connectivity index is 0.000000223. The Kier molecular flexibility index (Phi) is 11.3. The van der Waals surface area contributed by atoms with Crippen molar-refractivity contribution in [2.75, 3.05) is 0 Å². The summed E-state index contributed by atoms with van der Waals surface area (Å²) in [6.45, 7) is 4.42. The fourth-order valence-electron chi connectivity index (χ4n) is 6.92. The van der Waals surface area contributed by atoms with E-state index >= 15 is 0 Å². The second-order valence-corrected chi connectivity index (χ2v) is 13.6. The molecule has 0 amide bonds. The van der Waals surface area contributed by atoms with Gasteiger partial charge >= 0.3 is 0 Å². The third-order valence-electron chi connectivity index (χ3n) is 9.37. The van der Waals surface area contributed by atoms with Gasteiger partial charge in [0.15, 0.2) is 0 Å². The number of hydrogen-bond acceptors (Lipinski definition) is 2. The van der Waals surface area contributed by atoms with Crippen LogP contribution in [0.25, 0.3) is 72.3 Å². The van der Waals surface area contributed by atoms with Gasteiger partial charge in [-0.1, -0.05) is 98.8 Å². The van der Waals surface area contributed by atoms with Crippen molar-refractivity contribution in [1.82, 2.24) is 14.5 Å². The maximum absolute atomic E-state index is 4.65. The van der Waals surface area contributed by atoms with Gasteiger partial charge in [0.1, 0.15) is 0 Å². The van der Waals surface area contributed by atoms with Crippen molar-refractivity contribution in [2.45, 2.75) is 20.3 Å². The summed E-state index contributed by atoms with van der Waals surface area (Å²) >= 11 is 0. The zero-order valence-electron chi connectivity index (χ0n) is 30.3. The van der Waals surface area contributed by atoms with Crippen LogP contribution in [0.4, 0.5) is 0 Å². The van der Waals surface area contributed by atoms with Crippen LogP contribution < -0.4 is 0 Å². The van der Waals surface area contributed by atoms with Gasteiger partial charge in [-0.25, -0.2) is 0 Å². The van der Waals surface area contributed by atoms with E-state index in [1.807, 2.05) is 60.8 Å². The molecule has 3 nitrogen and oxygen atoms in total. The number of nitrogens with zero attached hydrogens (tertiary/aromatic N) is 3. The van der Waals surface area contributed by atoms with Gasteiger partial charge in [-0.3, -0.25) is 0 Å². The number of rotatable bonds is 7. The summed E-state index contributed by atoms with van der Waals surface area (Å²) in [4.78, 5) is 9.15. The van der Waals surface area contributed by atoms with Crippen LogP contribution >= 0.6 is 0 Å². The predicted octanol–water partition coefficient (Wildman–Crippen LogP) is 12.7. The van der Waals surface area contributed by atoms with Crippen LogP contribution in [0.2, 0.25) is 0 Å². The van der Waals surface area contributed by atoms with Crippen molar-refractivity contribution >= 4 is 21.8 Å². The van der Waals surface area contributed by atoms with E-state index in [1.54, 1.807) is 0 Å². The number of pyridine rings is 2. The summed E-state index contributed by atoms with van der Waals surface area (Å²) in [5.74, 6) is 0.641. The molecule has 0 atom stereocenters. The van der Waals surface area contributed by atoms with Crippen molar-refractivity contribution in [2.24, 2.45) is 5.92 Å². The van der Waals surface area contributed by atoms with Crippen molar-refractivity contribution in [1.29, 1.82) is 0 Å². The number of aromatic nitrogens is 3. The molecule has 0 bridgehead atoms. The number of hydrogen-bond donors (Lipinski definition) is 0. The Morgan fingerprint density at radius 2 is 1.20 bits per heavy atom. The Bertz CT molecular complexity index is 2610. The molecule has 6 aromatic carbocycles. The molecule has 0 aliphatic carbocycles. The van der Waals surface area contributed by atoms with E-state index in [0.29, 0.717) is 5.92 Å². The minimum Gasteiger partial charge on any atom is -0.309 e. The fraction of sp³-hybridized carbons (Fsp3) is 0.0800. The number of para-hydroxylation sites is 2. The fourth-order valence-corrected chi connectivity index (χ4v) is 6.92. The minimum absolute atomic E-state index is 0. The van der Waals surface area contributed by atoms with Gasteiger partial charge in [0, 0.05) is 48.5 Å². The predicted molar refractivity (Wildman–Crippen MR) is 221 cm³/mol. The molecular formula is C50H39IrN3-2. The topological polar surface area (TPSA) is 30.7 Å². The van der Waals surface area contributed by atoms with E-state index in [2.05, 4.69) is 162 Å². The molecule has 4 heteroatoms. The first-order valence-corrected chi connectivity index (χ1v) is 18.2. The summed E-state index contributed by atoms with van der Waals surface area (Å²) in [5.41, 5.74) is 13.5. The average molecular weight is 874 g/mol. The van der Waals surface area contributed by atoms with Crippen molar-refractivity contribution in [3.8, 4) is 50.5 Å². The first kappa shape index (κ1) is 36.4. The van der Waals surface area contributed by atoms with Gasteiger partial charge in [-0.15, -0.1) is 71.3 Å². The standard InChI is InChI=1S/C35H23N2.C15H16N.Ir/c1-2-14-30(15-3-1)37-34-18-5-4-16-31(34)32-24-28(19-20-35(32)37)26-11-8-10-25(22-26)27-12-9-13-29(23-27)33-17-6-7-21-36-33;1-12(2)11-14-9-6-10-15(16-14)13-7-4-3-5-8-13;/h1-12,14-24H;3-7,9-10,12H,11H2,1-2H3;/q2*-1;. The van der Waals surface area contributed by atoms with Gasteiger partial charge < -0.3 is 14.5 Å². The Morgan fingerprint density at radius 1 is 0.519 bits per heavy atom. The molecule has 3 heterocycles. The molecule has 1 radical (unpaired) electrons. The molecule has 0 unspecified atom stereocenters. The van der Waals surface area contributed by atoms with E-state index in [1.165, 1.54) is 44.2 Å². The van der Waals surface area contributed by atoms with Gasteiger partial charge in [-0.2, -0.15) is 0 Å². The molecule has 54 heavy (non-hydrogen) atoms. The maximum atomic E-state index is 4.65. The summed E-state index contributed by atoms with van der Waals surface area (Å²) in [7, 11) is 0. The van der Waals surface area contributed by atoms with Crippen LogP contribution in [0.15, 0.2) is 182 Å². The monoisotopic (exact) mass is 874 g/mol. The van der Waals surface area contributed by atoms with Gasteiger partial charge in [0.25, 0.3) is 0 Å². The van der Waals surface area contributed by atoms with Crippen molar-refractivity contribution < 1.29 is 20.1 Å². The molecular weight excluding hydrogens is 835 g/mol. The normalized spacial score (nSPS) is 10.9. The van der Waals surface area contributed by atoms with Gasteiger partial charge in [0.2, 0.25) is 0 Å². The van der Waals surface area contributed by atoms with Crippen LogP contribution in [0.3, 0.4) is 0 Å². The second-order valence-electron chi connectivity index (χ2n) is 13.6. The molecule has 0 saturated heterocycles. The van der Waals surface area contributed by atoms with Gasteiger partial charge in [0.05, 0.1) is 11.0 Å². The summed E-state index contributed by atoms with van der Waals surface area (Å²) in [6.07, 6.45) is 2.85. The van der Waals surface area contributed by atoms with Gasteiger partial charge in [-0.05, 0) is 88.9 Å². The van der Waals surface area contributed by atoms with E-state index in [0.717, 1.165) is 40.2 Å². The van der Waals surface area contributed by atoms with Crippen LogP contribution in [-0.4, -0.2) is 14.5 Å². The third kappa shape index (κ3) is 8.01. The molecule has 0 saturated carbocycles. The maximum Gasteiger partial charge on any atom is 0.0541 e. The van der Waals surface area contributed by atoms with E-state index in [9.17, 15) is 0 Å². The van der Waals surface area contributed by atoms with Crippen LogP contribution in [0.5, 0.6) is 0 Å². The molecule has 0 spiro atoms. The smallest absolute Gasteiger partial charge is 0.0541 e. The summed E-state index contributed by atoms with van der Waals surface area (Å²) in [6, 6.07) is 67.7. The molecule has 9 rings (SSSR count). The molecule has 0 fully saturated rings. The molecule has 3 aromatic heterocycles. The van der Waals surface area contributed by atoms with Crippen LogP contribution in [-0.2, 0) is 26.5 Å². The Labute approximate surface area is 331 Å². The quantitative estimate of drug-likeness (QED) is 0.149. The third-order valence-corrected chi connectivity index (χ3v) is 9.37. The molecule has 0 aliphatic rings. The van der Waals surface area contributed by atoms with Crippen LogP contribution in [0.1, 0.15) is 19.5 Å². The Morgan fingerprint density at radius 3 is 1.98 bits per heavy atom. The number of fused-ring (bicyclic) bond motifs is 3. The minimum atomic E-state index is 0. The first-order valence-electron chi connectivity index (χ1n) is 18.2. The first-order chi connectivity index (χ1) is 26.1. The van der Waals surface area contributed by atoms with Crippen molar-refractivity contribution in [3.05, 3.63) is 200 Å². The van der Waals surface area contributed by atoms with Crippen molar-refractivity contribution in [3.63, 3.8) is 0 Å². The molecule has 265 valence electrons. The zero-order valence-corrected chi connectivity index (χ0v) is 32.7. The summed E-state index contributed by atoms with van der Waals surface area (Å²) in [5, 5.41) is 2.52. The SMILES string of the molecule is CC(C)Cc1cccc(-c2[c-]cccc2)n1.[Ir].[c-]1ccc(-c2cccc(-c3ccc4c(c3)c3ccccc3n4-c3ccccc3)c2)cc1-c1ccccn1. The van der Waals surface area contributed by atoms with E-state index in [-0.39, 0.29) is 20.1 Å². The van der Waals surface area contributed by atoms with E-state index in [4.69, 9.17) is 0 Å². The van der Waals surface area contributed by atoms with E-state index < -0.39 is 0 Å². The molecule has 0 N–H and O–H groups in total. The molecule has 0 aliphatic heterocycles. The Hall–Kier alpha value is -5.93. The van der Waals surface area contributed by atoms with Crippen LogP contribution in [0, 0.1) is 18.1 Å². The largest absolute Gasteiger partial charge is 0.309 e. The molecule has 9 aromatic rings. The average Bonchev–Trinajstić information content (AvgIpc) is 3.56. The zero-order chi connectivity index (χ0) is 36.0. The second kappa shape index (κ2) is 16.8. The summed E-state index contributed by atoms with van der Waals surface area (Å²) < 4.78 is 2.35.